The number of carbonyl (C=O) groups excluding carboxylic acids is 1. The molecule has 2 aromatic heterocycles. The zero-order chi connectivity index (χ0) is 29.5. The summed E-state index contributed by atoms with van der Waals surface area (Å²) < 4.78 is 61.2. The van der Waals surface area contributed by atoms with E-state index in [9.17, 15) is 32.5 Å². The third kappa shape index (κ3) is 5.94. The van der Waals surface area contributed by atoms with Crippen LogP contribution in [0.2, 0.25) is 5.02 Å². The maximum atomic E-state index is 13.9. The molecule has 5 rings (SSSR count). The lowest BCUT2D eigenvalue weighted by molar-refractivity contribution is -0.384. The molecule has 14 heteroatoms. The molecule has 0 aliphatic heterocycles. The molecule has 0 radical (unpaired) electrons. The first-order valence-electron chi connectivity index (χ1n) is 11.7. The Hall–Kier alpha value is -5.04. The predicted molar refractivity (Wildman–Crippen MR) is 141 cm³/mol. The van der Waals surface area contributed by atoms with E-state index in [0.717, 1.165) is 36.4 Å². The van der Waals surface area contributed by atoms with E-state index < -0.39 is 39.9 Å². The van der Waals surface area contributed by atoms with Gasteiger partial charge in [-0.15, -0.1) is 0 Å². The molecule has 0 saturated heterocycles. The van der Waals surface area contributed by atoms with Gasteiger partial charge < -0.3 is 10.1 Å². The summed E-state index contributed by atoms with van der Waals surface area (Å²) in [4.78, 5) is 28.0. The Morgan fingerprint density at radius 1 is 1.02 bits per heavy atom. The van der Waals surface area contributed by atoms with Gasteiger partial charge in [-0.1, -0.05) is 11.6 Å². The van der Waals surface area contributed by atoms with Crippen LogP contribution in [0.25, 0.3) is 16.9 Å². The van der Waals surface area contributed by atoms with Crippen LogP contribution in [0.4, 0.5) is 28.9 Å². The van der Waals surface area contributed by atoms with Crippen molar-refractivity contribution >= 4 is 34.5 Å². The van der Waals surface area contributed by atoms with Gasteiger partial charge in [-0.05, 0) is 61.0 Å². The van der Waals surface area contributed by atoms with E-state index in [4.69, 9.17) is 16.3 Å². The summed E-state index contributed by atoms with van der Waals surface area (Å²) in [6.45, 7) is 1.74. The number of rotatable bonds is 6. The number of fused-ring (bicyclic) bond motifs is 1. The number of hydrogen-bond acceptors (Lipinski definition) is 6. The zero-order valence-corrected chi connectivity index (χ0v) is 21.5. The van der Waals surface area contributed by atoms with Gasteiger partial charge in [0, 0.05) is 28.8 Å². The van der Waals surface area contributed by atoms with E-state index >= 15 is 0 Å². The highest BCUT2D eigenvalue weighted by Gasteiger charge is 2.35. The molecule has 9 nitrogen and oxygen atoms in total. The minimum atomic E-state index is -4.87. The Balaban J connectivity index is 1.49. The number of amides is 1. The fourth-order valence-electron chi connectivity index (χ4n) is 3.89. The number of alkyl halides is 3. The number of aryl methyl sites for hydroxylation is 1. The molecule has 3 aromatic carbocycles. The zero-order valence-electron chi connectivity index (χ0n) is 20.7. The van der Waals surface area contributed by atoms with E-state index in [2.05, 4.69) is 15.4 Å². The molecule has 1 amide bonds. The van der Waals surface area contributed by atoms with Crippen LogP contribution >= 0.6 is 11.6 Å². The van der Waals surface area contributed by atoms with Crippen molar-refractivity contribution in [2.75, 3.05) is 5.32 Å². The lowest BCUT2D eigenvalue weighted by atomic mass is 10.1. The lowest BCUT2D eigenvalue weighted by Gasteiger charge is -2.11. The first-order chi connectivity index (χ1) is 19.4. The summed E-state index contributed by atoms with van der Waals surface area (Å²) >= 11 is 6.02. The van der Waals surface area contributed by atoms with Crippen LogP contribution in [0, 0.1) is 22.9 Å². The summed E-state index contributed by atoms with van der Waals surface area (Å²) in [5, 5.41) is 18.2. The van der Waals surface area contributed by atoms with Crippen LogP contribution in [0.3, 0.4) is 0 Å². The van der Waals surface area contributed by atoms with Crippen LogP contribution in [-0.2, 0) is 6.18 Å². The van der Waals surface area contributed by atoms with E-state index in [1.54, 1.807) is 25.1 Å². The number of hydrogen-bond donors (Lipinski definition) is 1. The summed E-state index contributed by atoms with van der Waals surface area (Å²) in [7, 11) is 0. The van der Waals surface area contributed by atoms with Crippen molar-refractivity contribution in [1.29, 1.82) is 0 Å². The van der Waals surface area contributed by atoms with E-state index in [0.29, 0.717) is 20.9 Å². The molecule has 0 bridgehead atoms. The van der Waals surface area contributed by atoms with Gasteiger partial charge >= 0.3 is 6.18 Å². The third-order valence-corrected chi connectivity index (χ3v) is 6.24. The van der Waals surface area contributed by atoms with Crippen molar-refractivity contribution < 1.29 is 32.0 Å². The quantitative estimate of drug-likeness (QED) is 0.126. The van der Waals surface area contributed by atoms with Gasteiger partial charge in [-0.2, -0.15) is 18.3 Å². The highest BCUT2D eigenvalue weighted by Crippen LogP contribution is 2.34. The van der Waals surface area contributed by atoms with Gasteiger partial charge in [0.2, 0.25) is 0 Å². The number of halogens is 5. The van der Waals surface area contributed by atoms with Crippen LogP contribution in [0.15, 0.2) is 72.8 Å². The maximum Gasteiger partial charge on any atom is 0.433 e. The number of anilines is 1. The average molecular weight is 586 g/mol. The van der Waals surface area contributed by atoms with Crippen molar-refractivity contribution in [2.24, 2.45) is 0 Å². The van der Waals surface area contributed by atoms with Crippen molar-refractivity contribution in [1.82, 2.24) is 14.6 Å². The average Bonchev–Trinajstić information content (AvgIpc) is 3.34. The van der Waals surface area contributed by atoms with Crippen molar-refractivity contribution in [3.05, 3.63) is 111 Å². The molecule has 0 spiro atoms. The fraction of sp³-hybridized carbons (Fsp3) is 0.0741. The summed E-state index contributed by atoms with van der Waals surface area (Å²) in [6, 6.07) is 14.7. The molecule has 0 saturated carbocycles. The van der Waals surface area contributed by atoms with Crippen molar-refractivity contribution in [2.45, 2.75) is 13.1 Å². The predicted octanol–water partition coefficient (Wildman–Crippen LogP) is 7.47. The van der Waals surface area contributed by atoms with Gasteiger partial charge in [-0.3, -0.25) is 14.9 Å². The third-order valence-electron chi connectivity index (χ3n) is 5.82. The number of carbonyl (C=O) groups is 1. The number of nitro groups is 1. The van der Waals surface area contributed by atoms with Crippen molar-refractivity contribution in [3.8, 4) is 22.8 Å². The van der Waals surface area contributed by atoms with Crippen LogP contribution in [0.5, 0.6) is 11.5 Å². The smallest absolute Gasteiger partial charge is 0.433 e. The van der Waals surface area contributed by atoms with Gasteiger partial charge in [0.15, 0.2) is 17.0 Å². The normalized spacial score (nSPS) is 11.5. The molecule has 0 aliphatic carbocycles. The van der Waals surface area contributed by atoms with E-state index in [-0.39, 0.29) is 28.3 Å². The minimum absolute atomic E-state index is 0.0104. The minimum Gasteiger partial charge on any atom is -0.457 e. The Morgan fingerprint density at radius 2 is 1.76 bits per heavy atom. The van der Waals surface area contributed by atoms with Crippen LogP contribution in [0.1, 0.15) is 21.7 Å². The second-order valence-electron chi connectivity index (χ2n) is 8.77. The number of aromatic nitrogens is 3. The Morgan fingerprint density at radius 3 is 2.41 bits per heavy atom. The molecule has 2 heterocycles. The molecule has 0 atom stereocenters. The monoisotopic (exact) mass is 585 g/mol. The number of nitro benzene ring substituents is 1. The Kier molecular flexibility index (Phi) is 7.05. The SMILES string of the molecule is Cc1cc(Oc2cc(NC(=O)c3cc4nc(-c5ccc(F)cc5)cc(C(F)(F)F)n4n3)cc([N+](=O)[O-])c2)ccc1Cl. The molecule has 0 fully saturated rings. The second-order valence-corrected chi connectivity index (χ2v) is 9.18. The number of nitrogens with zero attached hydrogens (tertiary/aromatic N) is 4. The van der Waals surface area contributed by atoms with Gasteiger partial charge in [0.1, 0.15) is 17.3 Å². The summed E-state index contributed by atoms with van der Waals surface area (Å²) in [5.74, 6) is -1.20. The fourth-order valence-corrected chi connectivity index (χ4v) is 4.01. The maximum absolute atomic E-state index is 13.9. The number of nitrogens with one attached hydrogen (secondary N) is 1. The van der Waals surface area contributed by atoms with E-state index in [1.807, 2.05) is 0 Å². The standard InChI is InChI=1S/C27H16ClF4N5O4/c1-14-8-19(6-7-21(14)28)41-20-10-17(9-18(11-20)37(39)40)33-26(38)23-13-25-34-22(15-2-4-16(29)5-3-15)12-24(27(30,31)32)36(25)35-23/h2-13H,1H3,(H,33,38). The largest absolute Gasteiger partial charge is 0.457 e. The van der Waals surface area contributed by atoms with Crippen molar-refractivity contribution in [3.63, 3.8) is 0 Å². The molecule has 1 N–H and O–H groups in total. The lowest BCUT2D eigenvalue weighted by Crippen LogP contribution is -2.16. The molecular formula is C27H16ClF4N5O4. The topological polar surface area (TPSA) is 112 Å². The van der Waals surface area contributed by atoms with Crippen LogP contribution < -0.4 is 10.1 Å². The number of benzene rings is 3. The van der Waals surface area contributed by atoms with Gasteiger partial charge in [0.25, 0.3) is 11.6 Å². The Labute approximate surface area is 233 Å². The molecular weight excluding hydrogens is 570 g/mol. The van der Waals surface area contributed by atoms with Crippen LogP contribution in [-0.4, -0.2) is 25.4 Å². The highest BCUT2D eigenvalue weighted by molar-refractivity contribution is 6.31. The first-order valence-corrected chi connectivity index (χ1v) is 12.0. The first kappa shape index (κ1) is 27.5. The summed E-state index contributed by atoms with van der Waals surface area (Å²) in [6.07, 6.45) is -4.87. The molecule has 0 aliphatic rings. The second kappa shape index (κ2) is 10.5. The Bertz CT molecular complexity index is 1820. The highest BCUT2D eigenvalue weighted by atomic mass is 35.5. The number of ether oxygens (including phenoxy) is 1. The number of non-ortho nitro benzene ring substituents is 1. The molecule has 0 unspecified atom stereocenters. The van der Waals surface area contributed by atoms with Gasteiger partial charge in [0.05, 0.1) is 22.4 Å². The summed E-state index contributed by atoms with van der Waals surface area (Å²) in [5.41, 5.74) is -1.65. The van der Waals surface area contributed by atoms with Gasteiger partial charge in [-0.25, -0.2) is 13.9 Å². The molecule has 208 valence electrons. The van der Waals surface area contributed by atoms with E-state index in [1.165, 1.54) is 18.2 Å². The molecule has 41 heavy (non-hydrogen) atoms. The molecule has 5 aromatic rings.